The predicted molar refractivity (Wildman–Crippen MR) is 100.0 cm³/mol. The number of thiophene rings is 1. The van der Waals surface area contributed by atoms with E-state index in [4.69, 9.17) is 11.6 Å². The van der Waals surface area contributed by atoms with E-state index in [0.29, 0.717) is 20.8 Å². The fourth-order valence-electron chi connectivity index (χ4n) is 2.80. The maximum Gasteiger partial charge on any atom is 0.260 e. The number of hydrogen-bond acceptors (Lipinski definition) is 3. The third-order valence-electron chi connectivity index (χ3n) is 3.94. The summed E-state index contributed by atoms with van der Waals surface area (Å²) < 4.78 is 0. The number of pyridine rings is 1. The summed E-state index contributed by atoms with van der Waals surface area (Å²) in [5, 5.41) is 14.1. The maximum atomic E-state index is 12.4. The maximum absolute atomic E-state index is 12.4. The van der Waals surface area contributed by atoms with Gasteiger partial charge in [0.2, 0.25) is 0 Å². The highest BCUT2D eigenvalue weighted by Crippen LogP contribution is 2.41. The molecule has 0 amide bonds. The molecule has 3 nitrogen and oxygen atoms in total. The highest BCUT2D eigenvalue weighted by atomic mass is 35.5. The molecular weight excluding hydrogens is 342 g/mol. The molecule has 24 heavy (non-hydrogen) atoms. The number of H-pyrrole nitrogens is 1. The third kappa shape index (κ3) is 2.40. The average molecular weight is 354 g/mol. The number of nitrogens with one attached hydrogen (secondary N) is 1. The quantitative estimate of drug-likeness (QED) is 0.515. The van der Waals surface area contributed by atoms with Crippen LogP contribution in [0.25, 0.3) is 32.5 Å². The zero-order chi connectivity index (χ0) is 16.7. The summed E-state index contributed by atoms with van der Waals surface area (Å²) >= 11 is 7.35. The number of halogens is 1. The van der Waals surface area contributed by atoms with Crippen molar-refractivity contribution in [3.05, 3.63) is 75.4 Å². The summed E-state index contributed by atoms with van der Waals surface area (Å²) in [6.07, 6.45) is 0. The highest BCUT2D eigenvalue weighted by molar-refractivity contribution is 7.17. The first-order valence-corrected chi connectivity index (χ1v) is 8.58. The van der Waals surface area contributed by atoms with E-state index in [-0.39, 0.29) is 16.9 Å². The molecule has 0 spiro atoms. The number of aromatic amines is 1. The first-order chi connectivity index (χ1) is 11.6. The molecule has 5 heteroatoms. The van der Waals surface area contributed by atoms with Crippen molar-refractivity contribution in [1.82, 2.24) is 4.98 Å². The van der Waals surface area contributed by atoms with Crippen molar-refractivity contribution in [1.29, 1.82) is 0 Å². The van der Waals surface area contributed by atoms with Crippen LogP contribution in [0.1, 0.15) is 0 Å². The Morgan fingerprint density at radius 3 is 2.38 bits per heavy atom. The van der Waals surface area contributed by atoms with Gasteiger partial charge in [0.05, 0.1) is 10.9 Å². The van der Waals surface area contributed by atoms with Gasteiger partial charge in [0.25, 0.3) is 5.56 Å². The summed E-state index contributed by atoms with van der Waals surface area (Å²) in [4.78, 5) is 15.9. The van der Waals surface area contributed by atoms with E-state index in [0.717, 1.165) is 11.1 Å². The van der Waals surface area contributed by atoms with Gasteiger partial charge in [-0.05, 0) is 23.3 Å². The number of aromatic hydroxyl groups is 1. The fourth-order valence-corrected chi connectivity index (χ4v) is 3.89. The standard InChI is InChI=1S/C19H12ClNO2S/c20-13-8-6-11(7-9-13)14-10-24-19-16(14)17(22)15(18(23)21-19)12-4-2-1-3-5-12/h1-10H,(H2,21,22,23). The van der Waals surface area contributed by atoms with E-state index in [1.165, 1.54) is 11.3 Å². The largest absolute Gasteiger partial charge is 0.506 e. The van der Waals surface area contributed by atoms with Crippen molar-refractivity contribution in [2.75, 3.05) is 0 Å². The Balaban J connectivity index is 2.02. The van der Waals surface area contributed by atoms with Gasteiger partial charge in [-0.3, -0.25) is 4.79 Å². The smallest absolute Gasteiger partial charge is 0.260 e. The molecule has 0 bridgehead atoms. The number of aromatic nitrogens is 1. The van der Waals surface area contributed by atoms with E-state index < -0.39 is 0 Å². The molecule has 4 rings (SSSR count). The molecule has 0 aliphatic rings. The number of benzene rings is 2. The van der Waals surface area contributed by atoms with Crippen molar-refractivity contribution < 1.29 is 5.11 Å². The summed E-state index contributed by atoms with van der Waals surface area (Å²) in [6, 6.07) is 16.6. The van der Waals surface area contributed by atoms with Crippen LogP contribution in [0, 0.1) is 0 Å². The second kappa shape index (κ2) is 5.82. The van der Waals surface area contributed by atoms with Crippen molar-refractivity contribution in [2.45, 2.75) is 0 Å². The minimum atomic E-state index is -0.296. The van der Waals surface area contributed by atoms with Crippen LogP contribution < -0.4 is 5.56 Å². The monoisotopic (exact) mass is 353 g/mol. The van der Waals surface area contributed by atoms with Gasteiger partial charge < -0.3 is 10.1 Å². The Kier molecular flexibility index (Phi) is 3.63. The molecule has 4 aromatic rings. The van der Waals surface area contributed by atoms with Crippen LogP contribution in [0.3, 0.4) is 0 Å². The first kappa shape index (κ1) is 15.0. The Hall–Kier alpha value is -2.56. The molecular formula is C19H12ClNO2S. The Bertz CT molecular complexity index is 1080. The molecule has 0 radical (unpaired) electrons. The Morgan fingerprint density at radius 1 is 0.958 bits per heavy atom. The molecule has 0 atom stereocenters. The zero-order valence-electron chi connectivity index (χ0n) is 12.4. The molecule has 2 aromatic carbocycles. The van der Waals surface area contributed by atoms with E-state index >= 15 is 0 Å². The highest BCUT2D eigenvalue weighted by Gasteiger charge is 2.18. The van der Waals surface area contributed by atoms with Gasteiger partial charge in [0.1, 0.15) is 10.6 Å². The van der Waals surface area contributed by atoms with Gasteiger partial charge in [0.15, 0.2) is 0 Å². The minimum Gasteiger partial charge on any atom is -0.506 e. The average Bonchev–Trinajstić information content (AvgIpc) is 3.00. The second-order valence-electron chi connectivity index (χ2n) is 5.40. The van der Waals surface area contributed by atoms with Gasteiger partial charge in [-0.1, -0.05) is 54.1 Å². The first-order valence-electron chi connectivity index (χ1n) is 7.33. The van der Waals surface area contributed by atoms with Crippen LogP contribution in [0.2, 0.25) is 5.02 Å². The van der Waals surface area contributed by atoms with E-state index in [1.807, 2.05) is 47.8 Å². The van der Waals surface area contributed by atoms with E-state index in [1.54, 1.807) is 12.1 Å². The van der Waals surface area contributed by atoms with Crippen LogP contribution >= 0.6 is 22.9 Å². The molecule has 2 aromatic heterocycles. The summed E-state index contributed by atoms with van der Waals surface area (Å²) in [6.45, 7) is 0. The number of fused-ring (bicyclic) bond motifs is 1. The molecule has 0 aliphatic carbocycles. The van der Waals surface area contributed by atoms with Gasteiger partial charge in [-0.2, -0.15) is 0 Å². The molecule has 2 heterocycles. The lowest BCUT2D eigenvalue weighted by molar-refractivity contribution is 0.483. The fraction of sp³-hybridized carbons (Fsp3) is 0. The summed E-state index contributed by atoms with van der Waals surface area (Å²) in [5.74, 6) is 0.00569. The molecule has 0 saturated carbocycles. The normalized spacial score (nSPS) is 11.0. The molecule has 0 fully saturated rings. The van der Waals surface area contributed by atoms with E-state index in [9.17, 15) is 9.90 Å². The SMILES string of the molecule is O=c1[nH]c2scc(-c3ccc(Cl)cc3)c2c(O)c1-c1ccccc1. The van der Waals surface area contributed by atoms with E-state index in [2.05, 4.69) is 4.98 Å². The lowest BCUT2D eigenvalue weighted by Gasteiger charge is -2.07. The van der Waals surface area contributed by atoms with Gasteiger partial charge >= 0.3 is 0 Å². The molecule has 0 saturated heterocycles. The van der Waals surface area contributed by atoms with Crippen LogP contribution in [0.15, 0.2) is 64.8 Å². The van der Waals surface area contributed by atoms with Gasteiger partial charge in [-0.15, -0.1) is 11.3 Å². The number of rotatable bonds is 2. The van der Waals surface area contributed by atoms with Crippen LogP contribution in [0.5, 0.6) is 5.75 Å². The third-order valence-corrected chi connectivity index (χ3v) is 5.08. The molecule has 0 aliphatic heterocycles. The molecule has 2 N–H and O–H groups in total. The van der Waals surface area contributed by atoms with Crippen molar-refractivity contribution in [3.63, 3.8) is 0 Å². The molecule has 0 unspecified atom stereocenters. The van der Waals surface area contributed by atoms with Gasteiger partial charge in [-0.25, -0.2) is 0 Å². The zero-order valence-corrected chi connectivity index (χ0v) is 14.0. The summed E-state index contributed by atoms with van der Waals surface area (Å²) in [7, 11) is 0. The van der Waals surface area contributed by atoms with Crippen molar-refractivity contribution in [3.8, 4) is 28.0 Å². The van der Waals surface area contributed by atoms with Crippen LogP contribution in [-0.2, 0) is 0 Å². The predicted octanol–water partition coefficient (Wildman–Crippen LogP) is 5.28. The van der Waals surface area contributed by atoms with Crippen LogP contribution in [-0.4, -0.2) is 10.1 Å². The topological polar surface area (TPSA) is 53.1 Å². The van der Waals surface area contributed by atoms with Gasteiger partial charge in [0, 0.05) is 16.0 Å². The Labute approximate surface area is 146 Å². The Morgan fingerprint density at radius 2 is 1.67 bits per heavy atom. The minimum absolute atomic E-state index is 0.00569. The lowest BCUT2D eigenvalue weighted by atomic mass is 10.0. The van der Waals surface area contributed by atoms with Crippen molar-refractivity contribution in [2.24, 2.45) is 0 Å². The number of hydrogen-bond donors (Lipinski definition) is 2. The second-order valence-corrected chi connectivity index (χ2v) is 6.72. The summed E-state index contributed by atoms with van der Waals surface area (Å²) in [5.41, 5.74) is 2.49. The van der Waals surface area contributed by atoms with Crippen LogP contribution in [0.4, 0.5) is 0 Å². The lowest BCUT2D eigenvalue weighted by Crippen LogP contribution is -2.08. The van der Waals surface area contributed by atoms with Crippen molar-refractivity contribution >= 4 is 33.2 Å². The molecule has 118 valence electrons.